The van der Waals surface area contributed by atoms with E-state index in [0.29, 0.717) is 12.3 Å². The van der Waals surface area contributed by atoms with Crippen LogP contribution in [0.2, 0.25) is 0 Å². The van der Waals surface area contributed by atoms with Crippen LogP contribution in [-0.2, 0) is 9.53 Å². The molecule has 0 aromatic heterocycles. The van der Waals surface area contributed by atoms with Gasteiger partial charge in [-0.25, -0.2) is 0 Å². The minimum atomic E-state index is 0.00194. The van der Waals surface area contributed by atoms with E-state index in [1.165, 1.54) is 39.2 Å². The van der Waals surface area contributed by atoms with E-state index in [4.69, 9.17) is 4.74 Å². The lowest BCUT2D eigenvalue weighted by Gasteiger charge is -2.30. The van der Waals surface area contributed by atoms with Gasteiger partial charge in [0, 0.05) is 6.42 Å². The van der Waals surface area contributed by atoms with Crippen molar-refractivity contribution in [2.75, 3.05) is 7.11 Å². The molecule has 5 unspecified atom stereocenters. The van der Waals surface area contributed by atoms with Crippen LogP contribution in [0, 0.1) is 29.6 Å². The lowest BCUT2D eigenvalue weighted by Crippen LogP contribution is -2.26. The summed E-state index contributed by atoms with van der Waals surface area (Å²) < 4.78 is 4.79. The maximum absolute atomic E-state index is 11.3. The summed E-state index contributed by atoms with van der Waals surface area (Å²) in [5.74, 6) is 4.48. The van der Waals surface area contributed by atoms with Gasteiger partial charge in [0.1, 0.15) is 0 Å². The van der Waals surface area contributed by atoms with Crippen molar-refractivity contribution in [3.63, 3.8) is 0 Å². The van der Waals surface area contributed by atoms with Gasteiger partial charge in [0.15, 0.2) is 0 Å². The van der Waals surface area contributed by atoms with Crippen molar-refractivity contribution in [3.8, 4) is 0 Å². The van der Waals surface area contributed by atoms with Crippen molar-refractivity contribution < 1.29 is 9.53 Å². The third-order valence-electron chi connectivity index (χ3n) is 5.22. The monoisotopic (exact) mass is 208 g/mol. The maximum atomic E-state index is 11.3. The Morgan fingerprint density at radius 2 is 2.00 bits per heavy atom. The largest absolute Gasteiger partial charge is 0.469 e. The van der Waals surface area contributed by atoms with Gasteiger partial charge in [-0.2, -0.15) is 0 Å². The van der Waals surface area contributed by atoms with E-state index < -0.39 is 0 Å². The number of methoxy groups -OCH3 is 1. The van der Waals surface area contributed by atoms with Crippen LogP contribution in [0.5, 0.6) is 0 Å². The molecule has 3 rings (SSSR count). The minimum absolute atomic E-state index is 0.00194. The summed E-state index contributed by atoms with van der Waals surface area (Å²) in [4.78, 5) is 11.3. The summed E-state index contributed by atoms with van der Waals surface area (Å²) in [6, 6.07) is 0. The molecule has 84 valence electrons. The Hall–Kier alpha value is -0.530. The fraction of sp³-hybridized carbons (Fsp3) is 0.923. The van der Waals surface area contributed by atoms with Crippen molar-refractivity contribution in [2.24, 2.45) is 29.6 Å². The lowest BCUT2D eigenvalue weighted by molar-refractivity contribution is -0.142. The highest BCUT2D eigenvalue weighted by Crippen LogP contribution is 2.61. The molecule has 2 bridgehead atoms. The van der Waals surface area contributed by atoms with E-state index in [9.17, 15) is 4.79 Å². The van der Waals surface area contributed by atoms with Gasteiger partial charge in [-0.3, -0.25) is 4.79 Å². The van der Waals surface area contributed by atoms with E-state index in [0.717, 1.165) is 23.7 Å². The van der Waals surface area contributed by atoms with Crippen molar-refractivity contribution in [2.45, 2.75) is 38.5 Å². The standard InChI is InChI=1S/C13H20O2/c1-15-13(14)7-9-5-8-6-12(9)11-4-2-3-10(8)11/h8-12H,2-7H2,1H3. The molecule has 0 N–H and O–H groups in total. The number of carbonyl (C=O) groups is 1. The molecule has 0 aromatic rings. The second-order valence-electron chi connectivity index (χ2n) is 5.69. The molecule has 3 aliphatic carbocycles. The topological polar surface area (TPSA) is 26.3 Å². The molecule has 0 heterocycles. The second kappa shape index (κ2) is 3.50. The first-order chi connectivity index (χ1) is 7.29. The first-order valence-corrected chi connectivity index (χ1v) is 6.36. The van der Waals surface area contributed by atoms with E-state index in [2.05, 4.69) is 0 Å². The average Bonchev–Trinajstić information content (AvgIpc) is 2.87. The predicted molar refractivity (Wildman–Crippen MR) is 57.2 cm³/mol. The minimum Gasteiger partial charge on any atom is -0.469 e. The van der Waals surface area contributed by atoms with Gasteiger partial charge in [-0.15, -0.1) is 0 Å². The molecule has 2 heteroatoms. The number of ether oxygens (including phenoxy) is 1. The van der Waals surface area contributed by atoms with E-state index in [-0.39, 0.29) is 5.97 Å². The zero-order valence-corrected chi connectivity index (χ0v) is 9.45. The third-order valence-corrected chi connectivity index (χ3v) is 5.22. The predicted octanol–water partition coefficient (Wildman–Crippen LogP) is 2.62. The zero-order chi connectivity index (χ0) is 10.4. The summed E-state index contributed by atoms with van der Waals surface area (Å²) in [6.45, 7) is 0. The van der Waals surface area contributed by atoms with Crippen LogP contribution in [-0.4, -0.2) is 13.1 Å². The van der Waals surface area contributed by atoms with Crippen LogP contribution in [0.1, 0.15) is 38.5 Å². The first-order valence-electron chi connectivity index (χ1n) is 6.36. The van der Waals surface area contributed by atoms with E-state index in [1.54, 1.807) is 0 Å². The van der Waals surface area contributed by atoms with E-state index in [1.807, 2.05) is 0 Å². The van der Waals surface area contributed by atoms with Crippen molar-refractivity contribution >= 4 is 5.97 Å². The van der Waals surface area contributed by atoms with Gasteiger partial charge in [0.25, 0.3) is 0 Å². The van der Waals surface area contributed by atoms with Gasteiger partial charge >= 0.3 is 5.97 Å². The number of hydrogen-bond donors (Lipinski definition) is 0. The highest BCUT2D eigenvalue weighted by molar-refractivity contribution is 5.69. The molecule has 0 aliphatic heterocycles. The van der Waals surface area contributed by atoms with Crippen molar-refractivity contribution in [1.29, 1.82) is 0 Å². The molecular weight excluding hydrogens is 188 g/mol. The summed E-state index contributed by atoms with van der Waals surface area (Å²) in [6.07, 6.45) is 7.74. The van der Waals surface area contributed by atoms with Gasteiger partial charge in [-0.05, 0) is 55.3 Å². The number of carbonyl (C=O) groups excluding carboxylic acids is 1. The van der Waals surface area contributed by atoms with Crippen LogP contribution >= 0.6 is 0 Å². The first kappa shape index (κ1) is 9.68. The lowest BCUT2D eigenvalue weighted by atomic mass is 9.74. The molecule has 5 atom stereocenters. The van der Waals surface area contributed by atoms with Crippen LogP contribution in [0.3, 0.4) is 0 Å². The molecule has 3 aliphatic rings. The van der Waals surface area contributed by atoms with E-state index >= 15 is 0 Å². The fourth-order valence-corrected chi connectivity index (χ4v) is 4.74. The smallest absolute Gasteiger partial charge is 0.305 e. The summed E-state index contributed by atoms with van der Waals surface area (Å²) in [5, 5.41) is 0. The number of rotatable bonds is 2. The van der Waals surface area contributed by atoms with Gasteiger partial charge in [0.05, 0.1) is 7.11 Å². The molecular formula is C13H20O2. The molecule has 2 nitrogen and oxygen atoms in total. The summed E-state index contributed by atoms with van der Waals surface area (Å²) >= 11 is 0. The van der Waals surface area contributed by atoms with Gasteiger partial charge < -0.3 is 4.74 Å². The molecule has 15 heavy (non-hydrogen) atoms. The maximum Gasteiger partial charge on any atom is 0.305 e. The van der Waals surface area contributed by atoms with Gasteiger partial charge in [-0.1, -0.05) is 6.42 Å². The molecule has 0 amide bonds. The Kier molecular flexibility index (Phi) is 2.26. The number of fused-ring (bicyclic) bond motifs is 5. The van der Waals surface area contributed by atoms with Gasteiger partial charge in [0.2, 0.25) is 0 Å². The molecule has 0 aromatic carbocycles. The quantitative estimate of drug-likeness (QED) is 0.652. The molecule has 3 saturated carbocycles. The molecule has 0 saturated heterocycles. The number of esters is 1. The SMILES string of the molecule is COC(=O)CC1CC2CC1C1CCCC21. The third kappa shape index (κ3) is 1.41. The average molecular weight is 208 g/mol. The summed E-state index contributed by atoms with van der Waals surface area (Å²) in [5.41, 5.74) is 0. The van der Waals surface area contributed by atoms with Crippen LogP contribution in [0.25, 0.3) is 0 Å². The van der Waals surface area contributed by atoms with Crippen molar-refractivity contribution in [3.05, 3.63) is 0 Å². The fourth-order valence-electron chi connectivity index (χ4n) is 4.74. The number of hydrogen-bond acceptors (Lipinski definition) is 2. The van der Waals surface area contributed by atoms with Crippen LogP contribution in [0.4, 0.5) is 0 Å². The molecule has 0 radical (unpaired) electrons. The Labute approximate surface area is 91.4 Å². The molecule has 3 fully saturated rings. The highest BCUT2D eigenvalue weighted by Gasteiger charge is 2.53. The normalized spacial score (nSPS) is 46.9. The Balaban J connectivity index is 1.68. The summed E-state index contributed by atoms with van der Waals surface area (Å²) in [7, 11) is 1.51. The highest BCUT2D eigenvalue weighted by atomic mass is 16.5. The Morgan fingerprint density at radius 3 is 2.80 bits per heavy atom. The molecule has 0 spiro atoms. The van der Waals surface area contributed by atoms with Crippen LogP contribution < -0.4 is 0 Å². The Bertz CT molecular complexity index is 274. The second-order valence-corrected chi connectivity index (χ2v) is 5.69. The Morgan fingerprint density at radius 1 is 1.20 bits per heavy atom. The zero-order valence-electron chi connectivity index (χ0n) is 9.45. The van der Waals surface area contributed by atoms with Crippen LogP contribution in [0.15, 0.2) is 0 Å². The van der Waals surface area contributed by atoms with Crippen molar-refractivity contribution in [1.82, 2.24) is 0 Å².